The molecule has 19 heavy (non-hydrogen) atoms. The number of carbonyl (C=O) groups is 1. The van der Waals surface area contributed by atoms with E-state index in [9.17, 15) is 9.90 Å². The molecular weight excluding hydrogens is 236 g/mol. The predicted molar refractivity (Wildman–Crippen MR) is 77.1 cm³/mol. The van der Waals surface area contributed by atoms with E-state index in [2.05, 4.69) is 0 Å². The van der Waals surface area contributed by atoms with Crippen LogP contribution in [0.2, 0.25) is 0 Å². The molecular formula is C17H16O2. The summed E-state index contributed by atoms with van der Waals surface area (Å²) in [5.74, 6) is 0.0235. The maximum Gasteiger partial charge on any atom is 0.166 e. The van der Waals surface area contributed by atoms with Crippen LogP contribution in [0.1, 0.15) is 28.8 Å². The van der Waals surface area contributed by atoms with Gasteiger partial charge in [0.15, 0.2) is 5.78 Å². The summed E-state index contributed by atoms with van der Waals surface area (Å²) < 4.78 is 0. The minimum Gasteiger partial charge on any atom is -0.507 e. The molecule has 0 aliphatic carbocycles. The van der Waals surface area contributed by atoms with Gasteiger partial charge in [0.2, 0.25) is 0 Å². The predicted octanol–water partition coefficient (Wildman–Crippen LogP) is 4.07. The standard InChI is InChI=1S/C17H16O2/c18-16(15-11-5-7-13-17(15)19)12-6-4-10-14-8-2-1-3-9-14/h1-5,7-11,13,19H,6,12H2/b10-4+. The van der Waals surface area contributed by atoms with Crippen molar-refractivity contribution >= 4 is 11.9 Å². The van der Waals surface area contributed by atoms with Crippen molar-refractivity contribution in [2.45, 2.75) is 12.8 Å². The molecule has 2 nitrogen and oxygen atoms in total. The number of carbonyl (C=O) groups excluding carboxylic acids is 1. The number of hydrogen-bond acceptors (Lipinski definition) is 2. The van der Waals surface area contributed by atoms with Crippen molar-refractivity contribution in [3.8, 4) is 5.75 Å². The number of para-hydroxylation sites is 1. The Kier molecular flexibility index (Phi) is 4.51. The molecule has 1 N–H and O–H groups in total. The zero-order chi connectivity index (χ0) is 13.5. The molecule has 96 valence electrons. The molecule has 0 saturated carbocycles. The van der Waals surface area contributed by atoms with Crippen LogP contribution in [0.3, 0.4) is 0 Å². The van der Waals surface area contributed by atoms with Crippen LogP contribution in [-0.4, -0.2) is 10.9 Å². The summed E-state index contributed by atoms with van der Waals surface area (Å²) in [6.07, 6.45) is 5.05. The summed E-state index contributed by atoms with van der Waals surface area (Å²) in [7, 11) is 0. The van der Waals surface area contributed by atoms with Gasteiger partial charge in [0.1, 0.15) is 5.75 Å². The first kappa shape index (κ1) is 13.1. The van der Waals surface area contributed by atoms with Crippen LogP contribution in [0.5, 0.6) is 5.75 Å². The third kappa shape index (κ3) is 3.81. The van der Waals surface area contributed by atoms with Crippen LogP contribution < -0.4 is 0 Å². The molecule has 2 heteroatoms. The maximum atomic E-state index is 11.9. The van der Waals surface area contributed by atoms with Crippen LogP contribution in [0.15, 0.2) is 60.7 Å². The largest absolute Gasteiger partial charge is 0.507 e. The maximum absolute atomic E-state index is 11.9. The topological polar surface area (TPSA) is 37.3 Å². The van der Waals surface area contributed by atoms with Gasteiger partial charge in [0.05, 0.1) is 5.56 Å². The smallest absolute Gasteiger partial charge is 0.166 e. The number of allylic oxidation sites excluding steroid dienone is 1. The number of phenols is 1. The van der Waals surface area contributed by atoms with Gasteiger partial charge in [-0.25, -0.2) is 0 Å². The van der Waals surface area contributed by atoms with Crippen molar-refractivity contribution in [1.82, 2.24) is 0 Å². The number of rotatable bonds is 5. The van der Waals surface area contributed by atoms with Gasteiger partial charge in [-0.15, -0.1) is 0 Å². The molecule has 0 saturated heterocycles. The summed E-state index contributed by atoms with van der Waals surface area (Å²) in [5.41, 5.74) is 1.52. The first-order chi connectivity index (χ1) is 9.27. The van der Waals surface area contributed by atoms with Crippen LogP contribution in [0.25, 0.3) is 6.08 Å². The number of benzene rings is 2. The van der Waals surface area contributed by atoms with Gasteiger partial charge in [-0.2, -0.15) is 0 Å². The van der Waals surface area contributed by atoms with Crippen molar-refractivity contribution in [2.75, 3.05) is 0 Å². The number of ketones is 1. The number of phenolic OH excluding ortho intramolecular Hbond substituents is 1. The van der Waals surface area contributed by atoms with Gasteiger partial charge in [-0.3, -0.25) is 4.79 Å². The molecule has 0 amide bonds. The number of Topliss-reactive ketones (excluding diaryl/α,β-unsaturated/α-hetero) is 1. The molecule has 0 bridgehead atoms. The highest BCUT2D eigenvalue weighted by molar-refractivity contribution is 5.98. The van der Waals surface area contributed by atoms with Crippen LogP contribution in [0, 0.1) is 0 Å². The van der Waals surface area contributed by atoms with Gasteiger partial charge in [-0.05, 0) is 24.1 Å². The van der Waals surface area contributed by atoms with E-state index in [1.807, 2.05) is 42.5 Å². The second-order valence-corrected chi connectivity index (χ2v) is 4.29. The van der Waals surface area contributed by atoms with Crippen molar-refractivity contribution < 1.29 is 9.90 Å². The molecule has 2 aromatic rings. The molecule has 0 aliphatic rings. The monoisotopic (exact) mass is 252 g/mol. The van der Waals surface area contributed by atoms with Gasteiger partial charge in [-0.1, -0.05) is 54.6 Å². The molecule has 0 spiro atoms. The molecule has 2 aromatic carbocycles. The highest BCUT2D eigenvalue weighted by Crippen LogP contribution is 2.18. The Bertz CT molecular complexity index is 571. The quantitative estimate of drug-likeness (QED) is 0.814. The first-order valence-corrected chi connectivity index (χ1v) is 6.30. The third-order valence-electron chi connectivity index (χ3n) is 2.85. The fraction of sp³-hybridized carbons (Fsp3) is 0.118. The summed E-state index contributed by atoms with van der Waals surface area (Å²) in [5, 5.41) is 9.58. The molecule has 0 atom stereocenters. The van der Waals surface area contributed by atoms with Gasteiger partial charge in [0.25, 0.3) is 0 Å². The summed E-state index contributed by atoms with van der Waals surface area (Å²) in [6.45, 7) is 0. The summed E-state index contributed by atoms with van der Waals surface area (Å²) >= 11 is 0. The lowest BCUT2D eigenvalue weighted by Crippen LogP contribution is -1.98. The normalized spacial score (nSPS) is 10.7. The average molecular weight is 252 g/mol. The van der Waals surface area contributed by atoms with Crippen molar-refractivity contribution in [2.24, 2.45) is 0 Å². The van der Waals surface area contributed by atoms with E-state index in [0.29, 0.717) is 18.4 Å². The first-order valence-electron chi connectivity index (χ1n) is 6.30. The molecule has 0 unspecified atom stereocenters. The van der Waals surface area contributed by atoms with Gasteiger partial charge < -0.3 is 5.11 Å². The van der Waals surface area contributed by atoms with E-state index in [1.54, 1.807) is 18.2 Å². The van der Waals surface area contributed by atoms with E-state index < -0.39 is 0 Å². The lowest BCUT2D eigenvalue weighted by Gasteiger charge is -2.01. The Labute approximate surface area is 113 Å². The average Bonchev–Trinajstić information content (AvgIpc) is 2.45. The van der Waals surface area contributed by atoms with Crippen LogP contribution in [0.4, 0.5) is 0 Å². The fourth-order valence-electron chi connectivity index (χ4n) is 1.84. The number of aromatic hydroxyl groups is 1. The Morgan fingerprint density at radius 1 is 1.00 bits per heavy atom. The Morgan fingerprint density at radius 3 is 2.42 bits per heavy atom. The minimum atomic E-state index is -0.0317. The SMILES string of the molecule is O=C(CC/C=C/c1ccccc1)c1ccccc1O. The van der Waals surface area contributed by atoms with Crippen molar-refractivity contribution in [3.63, 3.8) is 0 Å². The highest BCUT2D eigenvalue weighted by atomic mass is 16.3. The Balaban J connectivity index is 1.88. The third-order valence-corrected chi connectivity index (χ3v) is 2.85. The second kappa shape index (κ2) is 6.55. The highest BCUT2D eigenvalue weighted by Gasteiger charge is 2.08. The van der Waals surface area contributed by atoms with E-state index in [-0.39, 0.29) is 11.5 Å². The van der Waals surface area contributed by atoms with Crippen LogP contribution in [-0.2, 0) is 0 Å². The summed E-state index contributed by atoms with van der Waals surface area (Å²) in [6, 6.07) is 16.6. The molecule has 0 radical (unpaired) electrons. The lowest BCUT2D eigenvalue weighted by molar-refractivity contribution is 0.0981. The fourth-order valence-corrected chi connectivity index (χ4v) is 1.84. The van der Waals surface area contributed by atoms with Crippen molar-refractivity contribution in [3.05, 3.63) is 71.8 Å². The van der Waals surface area contributed by atoms with Gasteiger partial charge in [0, 0.05) is 6.42 Å². The van der Waals surface area contributed by atoms with E-state index in [1.165, 1.54) is 6.07 Å². The minimum absolute atomic E-state index is 0.0317. The molecule has 0 aromatic heterocycles. The lowest BCUT2D eigenvalue weighted by atomic mass is 10.1. The zero-order valence-electron chi connectivity index (χ0n) is 10.6. The molecule has 0 aliphatic heterocycles. The van der Waals surface area contributed by atoms with E-state index in [4.69, 9.17) is 0 Å². The van der Waals surface area contributed by atoms with E-state index in [0.717, 1.165) is 5.56 Å². The van der Waals surface area contributed by atoms with Crippen LogP contribution >= 0.6 is 0 Å². The Morgan fingerprint density at radius 2 is 1.68 bits per heavy atom. The zero-order valence-corrected chi connectivity index (χ0v) is 10.6. The summed E-state index contributed by atoms with van der Waals surface area (Å²) in [4.78, 5) is 11.9. The van der Waals surface area contributed by atoms with E-state index >= 15 is 0 Å². The van der Waals surface area contributed by atoms with Gasteiger partial charge >= 0.3 is 0 Å². The van der Waals surface area contributed by atoms with Crippen molar-refractivity contribution in [1.29, 1.82) is 0 Å². The Hall–Kier alpha value is -2.35. The molecule has 2 rings (SSSR count). The number of hydrogen-bond donors (Lipinski definition) is 1. The second-order valence-electron chi connectivity index (χ2n) is 4.29. The molecule has 0 fully saturated rings. The molecule has 0 heterocycles.